The third kappa shape index (κ3) is 5.45. The minimum Gasteiger partial charge on any atom is -0.467 e. The zero-order valence-corrected chi connectivity index (χ0v) is 14.7. The zero-order valence-electron chi connectivity index (χ0n) is 14.7. The van der Waals surface area contributed by atoms with Gasteiger partial charge in [0, 0.05) is 19.5 Å². The number of carbonyl (C=O) groups is 2. The number of hydrogen-bond donors (Lipinski definition) is 0. The van der Waals surface area contributed by atoms with Crippen molar-refractivity contribution in [2.24, 2.45) is 0 Å². The molecule has 25 heavy (non-hydrogen) atoms. The maximum absolute atomic E-state index is 13.1. The van der Waals surface area contributed by atoms with Gasteiger partial charge in [-0.15, -0.1) is 0 Å². The molecule has 1 heterocycles. The van der Waals surface area contributed by atoms with E-state index in [1.54, 1.807) is 35.4 Å². The van der Waals surface area contributed by atoms with E-state index in [0.29, 0.717) is 12.3 Å². The topological polar surface area (TPSA) is 53.8 Å². The first-order chi connectivity index (χ1) is 11.9. The molecule has 0 radical (unpaired) electrons. The average Bonchev–Trinajstić information content (AvgIpc) is 3.06. The van der Waals surface area contributed by atoms with E-state index in [1.165, 1.54) is 24.0 Å². The molecule has 0 bridgehead atoms. The van der Waals surface area contributed by atoms with Gasteiger partial charge in [-0.3, -0.25) is 9.59 Å². The number of hydrogen-bond acceptors (Lipinski definition) is 3. The number of amides is 2. The molecule has 0 saturated heterocycles. The largest absolute Gasteiger partial charge is 0.467 e. The first-order valence-electron chi connectivity index (χ1n) is 8.18. The van der Waals surface area contributed by atoms with E-state index in [0.717, 1.165) is 5.56 Å². The fraction of sp³-hybridized carbons (Fsp3) is 0.368. The molecular weight excluding hydrogens is 323 g/mol. The highest BCUT2D eigenvalue weighted by Gasteiger charge is 2.22. The van der Waals surface area contributed by atoms with Crippen molar-refractivity contribution in [3.05, 3.63) is 59.8 Å². The van der Waals surface area contributed by atoms with E-state index >= 15 is 0 Å². The van der Waals surface area contributed by atoms with Crippen molar-refractivity contribution in [2.45, 2.75) is 39.9 Å². The second-order valence-electron chi connectivity index (χ2n) is 6.20. The van der Waals surface area contributed by atoms with Gasteiger partial charge in [-0.1, -0.05) is 12.1 Å². The van der Waals surface area contributed by atoms with Crippen molar-refractivity contribution in [1.29, 1.82) is 0 Å². The fourth-order valence-corrected chi connectivity index (χ4v) is 2.54. The predicted molar refractivity (Wildman–Crippen MR) is 91.9 cm³/mol. The van der Waals surface area contributed by atoms with Crippen LogP contribution in [0.1, 0.15) is 32.1 Å². The number of furan rings is 1. The van der Waals surface area contributed by atoms with Crippen LogP contribution in [0.15, 0.2) is 47.1 Å². The predicted octanol–water partition coefficient (Wildman–Crippen LogP) is 3.20. The van der Waals surface area contributed by atoms with Crippen LogP contribution in [-0.4, -0.2) is 34.2 Å². The summed E-state index contributed by atoms with van der Waals surface area (Å²) in [6.07, 6.45) is 1.55. The van der Waals surface area contributed by atoms with Gasteiger partial charge in [0.1, 0.15) is 11.6 Å². The molecule has 2 rings (SSSR count). The van der Waals surface area contributed by atoms with E-state index in [1.807, 2.05) is 13.8 Å². The average molecular weight is 346 g/mol. The lowest BCUT2D eigenvalue weighted by Gasteiger charge is -2.29. The van der Waals surface area contributed by atoms with E-state index in [2.05, 4.69) is 0 Å². The third-order valence-corrected chi connectivity index (χ3v) is 3.90. The summed E-state index contributed by atoms with van der Waals surface area (Å²) in [5.41, 5.74) is 0.806. The standard InChI is InChI=1S/C19H23FN2O3/c1-14(2)22(15(3)23)13-19(24)21(12-18-5-4-10-25-18)11-16-6-8-17(20)9-7-16/h4-10,14H,11-13H2,1-3H3. The molecule has 2 amide bonds. The molecule has 0 N–H and O–H groups in total. The number of nitrogens with zero attached hydrogens (tertiary/aromatic N) is 2. The lowest BCUT2D eigenvalue weighted by atomic mass is 10.2. The van der Waals surface area contributed by atoms with Gasteiger partial charge in [0.25, 0.3) is 0 Å². The summed E-state index contributed by atoms with van der Waals surface area (Å²) in [7, 11) is 0. The molecule has 0 atom stereocenters. The summed E-state index contributed by atoms with van der Waals surface area (Å²) in [4.78, 5) is 27.6. The second-order valence-corrected chi connectivity index (χ2v) is 6.20. The van der Waals surface area contributed by atoms with Gasteiger partial charge in [-0.25, -0.2) is 4.39 Å². The van der Waals surface area contributed by atoms with Crippen LogP contribution in [0.25, 0.3) is 0 Å². The van der Waals surface area contributed by atoms with Crippen molar-refractivity contribution in [1.82, 2.24) is 9.80 Å². The summed E-state index contributed by atoms with van der Waals surface area (Å²) in [6, 6.07) is 9.48. The van der Waals surface area contributed by atoms with Gasteiger partial charge in [0.15, 0.2) is 0 Å². The Kier molecular flexibility index (Phi) is 6.33. The molecule has 0 unspecified atom stereocenters. The molecule has 0 spiro atoms. The maximum Gasteiger partial charge on any atom is 0.242 e. The Labute approximate surface area is 147 Å². The number of benzene rings is 1. The molecule has 0 fully saturated rings. The summed E-state index contributed by atoms with van der Waals surface area (Å²) in [5.74, 6) is -0.0164. The minimum atomic E-state index is -0.324. The Bertz CT molecular complexity index is 696. The Hall–Kier alpha value is -2.63. The van der Waals surface area contributed by atoms with E-state index in [9.17, 15) is 14.0 Å². The van der Waals surface area contributed by atoms with Gasteiger partial charge >= 0.3 is 0 Å². The molecule has 134 valence electrons. The monoisotopic (exact) mass is 346 g/mol. The normalized spacial score (nSPS) is 10.8. The number of rotatable bonds is 7. The Morgan fingerprint density at radius 1 is 1.12 bits per heavy atom. The summed E-state index contributed by atoms with van der Waals surface area (Å²) < 4.78 is 18.4. The van der Waals surface area contributed by atoms with Crippen molar-refractivity contribution in [2.75, 3.05) is 6.54 Å². The molecule has 1 aromatic carbocycles. The molecule has 0 saturated carbocycles. The van der Waals surface area contributed by atoms with Crippen LogP contribution in [0.2, 0.25) is 0 Å². The lowest BCUT2D eigenvalue weighted by molar-refractivity contribution is -0.141. The summed E-state index contributed by atoms with van der Waals surface area (Å²) >= 11 is 0. The molecule has 1 aromatic heterocycles. The van der Waals surface area contributed by atoms with Gasteiger partial charge in [-0.2, -0.15) is 0 Å². The molecule has 0 aliphatic carbocycles. The highest BCUT2D eigenvalue weighted by atomic mass is 19.1. The maximum atomic E-state index is 13.1. The van der Waals surface area contributed by atoms with Gasteiger partial charge in [0.05, 0.1) is 19.4 Å². The third-order valence-electron chi connectivity index (χ3n) is 3.90. The Morgan fingerprint density at radius 2 is 1.80 bits per heavy atom. The Morgan fingerprint density at radius 3 is 2.32 bits per heavy atom. The zero-order chi connectivity index (χ0) is 18.4. The molecule has 2 aromatic rings. The fourth-order valence-electron chi connectivity index (χ4n) is 2.54. The van der Waals surface area contributed by atoms with Gasteiger partial charge < -0.3 is 14.2 Å². The SMILES string of the molecule is CC(=O)N(CC(=O)N(Cc1ccc(F)cc1)Cc1ccco1)C(C)C. The second kappa shape index (κ2) is 8.46. The van der Waals surface area contributed by atoms with Crippen molar-refractivity contribution in [3.63, 3.8) is 0 Å². The smallest absolute Gasteiger partial charge is 0.242 e. The van der Waals surface area contributed by atoms with Crippen LogP contribution in [0.4, 0.5) is 4.39 Å². The molecule has 6 heteroatoms. The molecule has 0 aliphatic rings. The van der Waals surface area contributed by atoms with E-state index in [4.69, 9.17) is 4.42 Å². The molecule has 0 aliphatic heterocycles. The van der Waals surface area contributed by atoms with Crippen LogP contribution in [0.3, 0.4) is 0 Å². The number of halogens is 1. The highest BCUT2D eigenvalue weighted by molar-refractivity contribution is 5.84. The Balaban J connectivity index is 2.16. The van der Waals surface area contributed by atoms with Crippen LogP contribution in [0, 0.1) is 5.82 Å². The van der Waals surface area contributed by atoms with E-state index < -0.39 is 0 Å². The summed E-state index contributed by atoms with van der Waals surface area (Å²) in [6.45, 7) is 5.77. The van der Waals surface area contributed by atoms with Crippen molar-refractivity contribution in [3.8, 4) is 0 Å². The van der Waals surface area contributed by atoms with Crippen molar-refractivity contribution < 1.29 is 18.4 Å². The van der Waals surface area contributed by atoms with Crippen LogP contribution < -0.4 is 0 Å². The molecular formula is C19H23FN2O3. The molecule has 5 nitrogen and oxygen atoms in total. The van der Waals surface area contributed by atoms with Crippen molar-refractivity contribution >= 4 is 11.8 Å². The first kappa shape index (κ1) is 18.7. The minimum absolute atomic E-state index is 0.00506. The van der Waals surface area contributed by atoms with Gasteiger partial charge in [0.2, 0.25) is 11.8 Å². The number of carbonyl (C=O) groups excluding carboxylic acids is 2. The van der Waals surface area contributed by atoms with Gasteiger partial charge in [-0.05, 0) is 43.7 Å². The van der Waals surface area contributed by atoms with Crippen LogP contribution in [0.5, 0.6) is 0 Å². The highest BCUT2D eigenvalue weighted by Crippen LogP contribution is 2.13. The summed E-state index contributed by atoms with van der Waals surface area (Å²) in [5, 5.41) is 0. The van der Waals surface area contributed by atoms with Crippen LogP contribution >= 0.6 is 0 Å². The lowest BCUT2D eigenvalue weighted by Crippen LogP contribution is -2.44. The van der Waals surface area contributed by atoms with E-state index in [-0.39, 0.29) is 36.8 Å². The van der Waals surface area contributed by atoms with Crippen LogP contribution in [-0.2, 0) is 22.7 Å². The quantitative estimate of drug-likeness (QED) is 0.774. The first-order valence-corrected chi connectivity index (χ1v) is 8.18.